The molecular weight excluding hydrogens is 324 g/mol. The molecule has 0 radical (unpaired) electrons. The molecule has 4 bridgehead atoms. The number of aromatic nitrogens is 1. The topological polar surface area (TPSA) is 63.4 Å². The Morgan fingerprint density at radius 3 is 2.58 bits per heavy atom. The Kier molecular flexibility index (Phi) is 4.13. The summed E-state index contributed by atoms with van der Waals surface area (Å²) in [5.74, 6) is 3.60. The monoisotopic (exact) mass is 356 g/mol. The first-order chi connectivity index (χ1) is 12.7. The third kappa shape index (κ3) is 2.80. The Hall–Kier alpha value is -1.33. The minimum absolute atomic E-state index is 0.460. The van der Waals surface area contributed by atoms with Gasteiger partial charge in [-0.15, -0.1) is 0 Å². The lowest BCUT2D eigenvalue weighted by molar-refractivity contribution is -0.0558. The van der Waals surface area contributed by atoms with Crippen molar-refractivity contribution in [3.8, 4) is 0 Å². The van der Waals surface area contributed by atoms with E-state index in [2.05, 4.69) is 29.3 Å². The van der Waals surface area contributed by atoms with Crippen molar-refractivity contribution in [3.05, 3.63) is 17.8 Å². The summed E-state index contributed by atoms with van der Waals surface area (Å²) in [6.45, 7) is 6.51. The summed E-state index contributed by atoms with van der Waals surface area (Å²) >= 11 is 0. The Bertz CT molecular complexity index is 656. The average Bonchev–Trinajstić information content (AvgIpc) is 2.66. The summed E-state index contributed by atoms with van der Waals surface area (Å²) in [5.41, 5.74) is 9.00. The lowest BCUT2D eigenvalue weighted by atomic mass is 9.48. The third-order valence-corrected chi connectivity index (χ3v) is 7.56. The van der Waals surface area contributed by atoms with E-state index in [-0.39, 0.29) is 0 Å². The van der Waals surface area contributed by atoms with Crippen molar-refractivity contribution in [1.29, 1.82) is 0 Å². The van der Waals surface area contributed by atoms with Crippen molar-refractivity contribution in [1.82, 2.24) is 4.98 Å². The van der Waals surface area contributed by atoms with Crippen LogP contribution < -0.4 is 16.0 Å². The number of ether oxygens (including phenoxy) is 1. The molecule has 1 aliphatic heterocycles. The molecule has 26 heavy (non-hydrogen) atoms. The van der Waals surface area contributed by atoms with Gasteiger partial charge >= 0.3 is 0 Å². The Morgan fingerprint density at radius 1 is 1.19 bits per heavy atom. The van der Waals surface area contributed by atoms with Gasteiger partial charge in [-0.1, -0.05) is 0 Å². The number of nitrogens with two attached hydrogens (primary N) is 1. The SMILES string of the molecule is Cc1nc(N2CCOCC2)ccc1NC1C2CC3CC1CC(CN)(C3)C2. The molecule has 5 heteroatoms. The van der Waals surface area contributed by atoms with Gasteiger partial charge in [-0.2, -0.15) is 0 Å². The van der Waals surface area contributed by atoms with Gasteiger partial charge in [0.2, 0.25) is 0 Å². The smallest absolute Gasteiger partial charge is 0.129 e. The van der Waals surface area contributed by atoms with Crippen molar-refractivity contribution in [3.63, 3.8) is 0 Å². The number of hydrogen-bond acceptors (Lipinski definition) is 5. The zero-order chi connectivity index (χ0) is 17.7. The summed E-state index contributed by atoms with van der Waals surface area (Å²) in [6.07, 6.45) is 6.83. The normalized spacial score (nSPS) is 38.6. The first-order valence-electron chi connectivity index (χ1n) is 10.4. The summed E-state index contributed by atoms with van der Waals surface area (Å²) in [6, 6.07) is 5.04. The molecule has 2 heterocycles. The lowest BCUT2D eigenvalue weighted by Crippen LogP contribution is -2.58. The summed E-state index contributed by atoms with van der Waals surface area (Å²) in [4.78, 5) is 7.23. The minimum Gasteiger partial charge on any atom is -0.380 e. The van der Waals surface area contributed by atoms with Crippen molar-refractivity contribution >= 4 is 11.5 Å². The lowest BCUT2D eigenvalue weighted by Gasteiger charge is -2.60. The van der Waals surface area contributed by atoms with E-state index in [4.69, 9.17) is 15.5 Å². The van der Waals surface area contributed by atoms with Crippen LogP contribution in [0.25, 0.3) is 0 Å². The highest BCUT2D eigenvalue weighted by Gasteiger charge is 2.54. The van der Waals surface area contributed by atoms with Crippen LogP contribution in [0.5, 0.6) is 0 Å². The molecule has 4 aliphatic carbocycles. The van der Waals surface area contributed by atoms with Gasteiger partial charge in [-0.25, -0.2) is 4.98 Å². The molecule has 0 spiro atoms. The molecule has 1 saturated heterocycles. The van der Waals surface area contributed by atoms with Crippen molar-refractivity contribution in [2.75, 3.05) is 43.1 Å². The number of nitrogens with one attached hydrogen (secondary N) is 1. The third-order valence-electron chi connectivity index (χ3n) is 7.56. The molecule has 1 aromatic heterocycles. The second kappa shape index (κ2) is 6.38. The van der Waals surface area contributed by atoms with Crippen LogP contribution in [-0.4, -0.2) is 43.9 Å². The van der Waals surface area contributed by atoms with E-state index in [1.807, 2.05) is 0 Å². The molecule has 3 N–H and O–H groups in total. The van der Waals surface area contributed by atoms with Gasteiger partial charge < -0.3 is 20.7 Å². The van der Waals surface area contributed by atoms with Gasteiger partial charge in [-0.3, -0.25) is 0 Å². The van der Waals surface area contributed by atoms with Crippen LogP contribution in [0.3, 0.4) is 0 Å². The van der Waals surface area contributed by atoms with E-state index in [1.165, 1.54) is 37.8 Å². The van der Waals surface area contributed by atoms with E-state index < -0.39 is 0 Å². The fraction of sp³-hybridized carbons (Fsp3) is 0.762. The van der Waals surface area contributed by atoms with Gasteiger partial charge in [0.15, 0.2) is 0 Å². The van der Waals surface area contributed by atoms with Crippen LogP contribution in [0, 0.1) is 30.1 Å². The van der Waals surface area contributed by atoms with Crippen LogP contribution in [0.1, 0.15) is 37.8 Å². The quantitative estimate of drug-likeness (QED) is 0.869. The fourth-order valence-electron chi connectivity index (χ4n) is 6.53. The van der Waals surface area contributed by atoms with Crippen molar-refractivity contribution in [2.24, 2.45) is 28.9 Å². The van der Waals surface area contributed by atoms with E-state index in [1.54, 1.807) is 0 Å². The molecule has 5 fully saturated rings. The van der Waals surface area contributed by atoms with E-state index in [9.17, 15) is 0 Å². The number of nitrogens with zero attached hydrogens (tertiary/aromatic N) is 2. The predicted molar refractivity (Wildman–Crippen MR) is 104 cm³/mol. The van der Waals surface area contributed by atoms with Gasteiger partial charge in [0.25, 0.3) is 0 Å². The molecular formula is C21H32N4O. The number of morpholine rings is 1. The number of pyridine rings is 1. The molecule has 6 rings (SSSR count). The molecule has 0 aromatic carbocycles. The van der Waals surface area contributed by atoms with Crippen LogP contribution in [0.4, 0.5) is 11.5 Å². The largest absolute Gasteiger partial charge is 0.380 e. The zero-order valence-corrected chi connectivity index (χ0v) is 15.9. The number of aryl methyl sites for hydroxylation is 1. The van der Waals surface area contributed by atoms with Crippen LogP contribution in [-0.2, 0) is 4.74 Å². The van der Waals surface area contributed by atoms with Crippen LogP contribution >= 0.6 is 0 Å². The van der Waals surface area contributed by atoms with E-state index in [0.29, 0.717) is 11.5 Å². The van der Waals surface area contributed by atoms with Gasteiger partial charge in [0.05, 0.1) is 24.6 Å². The molecule has 1 aromatic rings. The summed E-state index contributed by atoms with van der Waals surface area (Å²) in [7, 11) is 0. The molecule has 4 saturated carbocycles. The zero-order valence-electron chi connectivity index (χ0n) is 15.9. The minimum atomic E-state index is 0.460. The average molecular weight is 357 g/mol. The number of hydrogen-bond donors (Lipinski definition) is 2. The maximum Gasteiger partial charge on any atom is 0.129 e. The van der Waals surface area contributed by atoms with Gasteiger partial charge in [0, 0.05) is 19.1 Å². The maximum atomic E-state index is 6.19. The van der Waals surface area contributed by atoms with Crippen LogP contribution in [0.15, 0.2) is 12.1 Å². The van der Waals surface area contributed by atoms with E-state index in [0.717, 1.165) is 62.1 Å². The molecule has 0 amide bonds. The molecule has 5 aliphatic rings. The van der Waals surface area contributed by atoms with Crippen LogP contribution in [0.2, 0.25) is 0 Å². The first kappa shape index (κ1) is 16.8. The van der Waals surface area contributed by atoms with Gasteiger partial charge in [0.1, 0.15) is 5.82 Å². The maximum absolute atomic E-state index is 6.19. The number of anilines is 2. The Labute approximate surface area is 156 Å². The summed E-state index contributed by atoms with van der Waals surface area (Å²) in [5, 5.41) is 3.92. The molecule has 2 unspecified atom stereocenters. The van der Waals surface area contributed by atoms with Gasteiger partial charge in [-0.05, 0) is 80.9 Å². The van der Waals surface area contributed by atoms with Crippen molar-refractivity contribution < 1.29 is 4.74 Å². The predicted octanol–water partition coefficient (Wildman–Crippen LogP) is 2.79. The highest BCUT2D eigenvalue weighted by molar-refractivity contribution is 5.54. The number of rotatable bonds is 4. The molecule has 5 nitrogen and oxygen atoms in total. The highest BCUT2D eigenvalue weighted by Crippen LogP contribution is 2.60. The standard InChI is InChI=1S/C21H32N4O/c1-14-18(2-3-19(23-14)25-4-6-26-7-5-25)24-20-16-8-15-9-17(20)12-21(10-15,11-16)13-22/h2-3,15-17,20,24H,4-13,22H2,1H3. The van der Waals surface area contributed by atoms with E-state index >= 15 is 0 Å². The fourth-order valence-corrected chi connectivity index (χ4v) is 6.53. The van der Waals surface area contributed by atoms with Crippen molar-refractivity contribution in [2.45, 2.75) is 45.1 Å². The Balaban J connectivity index is 1.32. The molecule has 2 atom stereocenters. The second-order valence-corrected chi connectivity index (χ2v) is 9.25. The first-order valence-corrected chi connectivity index (χ1v) is 10.4. The highest BCUT2D eigenvalue weighted by atomic mass is 16.5. The summed E-state index contributed by atoms with van der Waals surface area (Å²) < 4.78 is 5.46. The molecule has 142 valence electrons. The second-order valence-electron chi connectivity index (χ2n) is 9.25. The Morgan fingerprint density at radius 2 is 1.92 bits per heavy atom.